The summed E-state index contributed by atoms with van der Waals surface area (Å²) >= 11 is 0. The van der Waals surface area contributed by atoms with Crippen LogP contribution in [-0.2, 0) is 6.18 Å². The third-order valence-corrected chi connectivity index (χ3v) is 9.41. The van der Waals surface area contributed by atoms with E-state index in [0.29, 0.717) is 38.1 Å². The molecule has 0 saturated carbocycles. The average molecular weight is 645 g/mol. The number of ether oxygens (including phenoxy) is 1. The largest absolute Gasteiger partial charge is 0.462 e. The molecule has 242 valence electrons. The first-order chi connectivity index (χ1) is 21.0. The summed E-state index contributed by atoms with van der Waals surface area (Å²) in [4.78, 5) is 18.0. The molecule has 0 unspecified atom stereocenters. The van der Waals surface area contributed by atoms with Gasteiger partial charge in [0.05, 0.1) is 11.6 Å². The Balaban J connectivity index is 1.52. The summed E-state index contributed by atoms with van der Waals surface area (Å²) in [6, 6.07) is -1.13. The average Bonchev–Trinajstić information content (AvgIpc) is 3.22. The Morgan fingerprint density at radius 3 is 2.40 bits per heavy atom. The van der Waals surface area contributed by atoms with Crippen LogP contribution in [0.4, 0.5) is 52.6 Å². The van der Waals surface area contributed by atoms with Gasteiger partial charge in [-0.3, -0.25) is 0 Å². The van der Waals surface area contributed by atoms with Crippen LogP contribution in [0, 0.1) is 11.6 Å². The van der Waals surface area contributed by atoms with Crippen LogP contribution >= 0.6 is 0 Å². The minimum Gasteiger partial charge on any atom is -0.462 e. The molecule has 9 nitrogen and oxygen atoms in total. The number of pyridine rings is 1. The van der Waals surface area contributed by atoms with Gasteiger partial charge >= 0.3 is 12.4 Å². The maximum atomic E-state index is 16.6. The highest BCUT2D eigenvalue weighted by molar-refractivity contribution is 5.98. The summed E-state index contributed by atoms with van der Waals surface area (Å²) in [5, 5.41) is 2.88. The summed E-state index contributed by atoms with van der Waals surface area (Å²) < 4.78 is 123. The lowest BCUT2D eigenvalue weighted by molar-refractivity contribution is -0.203. The Hall–Kier alpha value is -3.73. The van der Waals surface area contributed by atoms with Crippen molar-refractivity contribution in [3.63, 3.8) is 0 Å². The second-order valence-corrected chi connectivity index (χ2v) is 12.6. The number of nitrogens with one attached hydrogen (secondary N) is 1. The number of aromatic nitrogens is 3. The van der Waals surface area contributed by atoms with Crippen molar-refractivity contribution >= 4 is 28.4 Å². The first-order valence-corrected chi connectivity index (χ1v) is 14.2. The molecule has 0 amide bonds. The van der Waals surface area contributed by atoms with E-state index in [2.05, 4.69) is 20.3 Å². The van der Waals surface area contributed by atoms with Gasteiger partial charge in [-0.15, -0.1) is 0 Å². The van der Waals surface area contributed by atoms with Gasteiger partial charge in [0.1, 0.15) is 33.8 Å². The van der Waals surface area contributed by atoms with Crippen molar-refractivity contribution in [1.29, 1.82) is 0 Å². The fourth-order valence-electron chi connectivity index (χ4n) is 6.92. The number of fused-ring (bicyclic) bond motifs is 5. The minimum atomic E-state index is -5.33. The number of nitrogen functional groups attached to an aromatic ring is 1. The molecule has 4 aliphatic rings. The van der Waals surface area contributed by atoms with Gasteiger partial charge in [-0.2, -0.15) is 31.3 Å². The fraction of sp³-hybridized carbons (Fsp3) is 0.536. The normalized spacial score (nSPS) is 25.7. The Morgan fingerprint density at radius 2 is 1.76 bits per heavy atom. The molecule has 45 heavy (non-hydrogen) atoms. The monoisotopic (exact) mass is 644 g/mol. The summed E-state index contributed by atoms with van der Waals surface area (Å²) in [7, 11) is 3.74. The van der Waals surface area contributed by atoms with Gasteiger partial charge in [0.25, 0.3) is 0 Å². The molecule has 17 heteroatoms. The number of piperazine rings is 1. The van der Waals surface area contributed by atoms with Crippen LogP contribution in [0.25, 0.3) is 22.2 Å². The summed E-state index contributed by atoms with van der Waals surface area (Å²) in [6.07, 6.45) is -11.8. The molecule has 6 heterocycles. The number of hydrogen-bond donors (Lipinski definition) is 2. The van der Waals surface area contributed by atoms with Gasteiger partial charge < -0.3 is 30.5 Å². The summed E-state index contributed by atoms with van der Waals surface area (Å²) in [5.41, 5.74) is 0.162. The van der Waals surface area contributed by atoms with Gasteiger partial charge in [-0.1, -0.05) is 0 Å². The molecule has 3 saturated heterocycles. The summed E-state index contributed by atoms with van der Waals surface area (Å²) in [5.74, 6) is -4.11. The Bertz CT molecular complexity index is 1710. The molecule has 0 spiro atoms. The van der Waals surface area contributed by atoms with E-state index < -0.39 is 76.1 Å². The van der Waals surface area contributed by atoms with E-state index in [9.17, 15) is 30.7 Å². The van der Waals surface area contributed by atoms with Gasteiger partial charge in [0, 0.05) is 43.0 Å². The highest BCUT2D eigenvalue weighted by atomic mass is 19.4. The number of anilines is 3. The zero-order valence-corrected chi connectivity index (χ0v) is 24.2. The molecule has 2 aromatic heterocycles. The van der Waals surface area contributed by atoms with Gasteiger partial charge in [0.2, 0.25) is 17.9 Å². The second-order valence-electron chi connectivity index (χ2n) is 12.6. The molecular formula is C28H28F8N8O. The number of hydrogen-bond acceptors (Lipinski definition) is 9. The molecule has 2 bridgehead atoms. The number of nitrogens with zero attached hydrogens (tertiary/aromatic N) is 6. The topological polar surface area (TPSA) is 95.7 Å². The van der Waals surface area contributed by atoms with Crippen molar-refractivity contribution in [3.8, 4) is 17.1 Å². The van der Waals surface area contributed by atoms with E-state index in [4.69, 9.17) is 10.5 Å². The van der Waals surface area contributed by atoms with Crippen molar-refractivity contribution < 1.29 is 39.9 Å². The highest BCUT2D eigenvalue weighted by Crippen LogP contribution is 2.48. The van der Waals surface area contributed by atoms with Crippen LogP contribution in [0.15, 0.2) is 12.1 Å². The van der Waals surface area contributed by atoms with E-state index >= 15 is 4.39 Å². The van der Waals surface area contributed by atoms with Gasteiger partial charge in [-0.05, 0) is 46.0 Å². The molecular weight excluding hydrogens is 616 g/mol. The van der Waals surface area contributed by atoms with Crippen LogP contribution in [0.2, 0.25) is 0 Å². The molecule has 3 N–H and O–H groups in total. The van der Waals surface area contributed by atoms with E-state index in [1.807, 2.05) is 25.9 Å². The predicted molar refractivity (Wildman–Crippen MR) is 148 cm³/mol. The SMILES string of the molecule is CN(C)C1(C)CN(c2nc3c4c(nc(-c5cc(N)cc(F)c5C(F)(F)F)c(F)c4n2)O[C@@H](C(F)(F)F)[C@@H]2[C@@H]4CC[C@H](CN32)N4)C1. The molecule has 4 aliphatic heterocycles. The number of likely N-dealkylation sites (N-methyl/N-ethyl adjacent to an activating group) is 1. The molecule has 0 aliphatic carbocycles. The number of benzene rings is 1. The third kappa shape index (κ3) is 4.60. The smallest absolute Gasteiger partial charge is 0.427 e. The molecule has 3 fully saturated rings. The Morgan fingerprint density at radius 1 is 1.04 bits per heavy atom. The molecule has 7 rings (SSSR count). The van der Waals surface area contributed by atoms with E-state index in [-0.39, 0.29) is 35.3 Å². The highest BCUT2D eigenvalue weighted by Gasteiger charge is 2.57. The summed E-state index contributed by atoms with van der Waals surface area (Å²) in [6.45, 7) is 2.82. The number of alkyl halides is 6. The quantitative estimate of drug-likeness (QED) is 0.319. The van der Waals surface area contributed by atoms with Crippen molar-refractivity contribution in [3.05, 3.63) is 29.3 Å². The van der Waals surface area contributed by atoms with Crippen LogP contribution in [0.5, 0.6) is 5.88 Å². The van der Waals surface area contributed by atoms with Gasteiger partial charge in [0.15, 0.2) is 5.82 Å². The van der Waals surface area contributed by atoms with Crippen molar-refractivity contribution in [2.24, 2.45) is 0 Å². The van der Waals surface area contributed by atoms with Crippen molar-refractivity contribution in [2.45, 2.75) is 61.9 Å². The molecule has 3 aromatic rings. The number of nitrogens with two attached hydrogens (primary N) is 1. The zero-order valence-electron chi connectivity index (χ0n) is 24.2. The maximum Gasteiger partial charge on any atom is 0.427 e. The number of rotatable bonds is 3. The van der Waals surface area contributed by atoms with E-state index in [0.717, 1.165) is 0 Å². The lowest BCUT2D eigenvalue weighted by Crippen LogP contribution is -2.67. The maximum absolute atomic E-state index is 16.6. The predicted octanol–water partition coefficient (Wildman–Crippen LogP) is 4.34. The first kappa shape index (κ1) is 30.0. The van der Waals surface area contributed by atoms with Crippen LogP contribution in [0.3, 0.4) is 0 Å². The molecule has 4 atom stereocenters. The molecule has 0 radical (unpaired) electrons. The lowest BCUT2D eigenvalue weighted by atomic mass is 9.91. The molecule has 1 aromatic carbocycles. The van der Waals surface area contributed by atoms with Crippen molar-refractivity contribution in [1.82, 2.24) is 25.2 Å². The van der Waals surface area contributed by atoms with Crippen LogP contribution in [0.1, 0.15) is 25.3 Å². The fourth-order valence-corrected chi connectivity index (χ4v) is 6.92. The lowest BCUT2D eigenvalue weighted by Gasteiger charge is -2.52. The van der Waals surface area contributed by atoms with Crippen LogP contribution < -0.4 is 25.6 Å². The minimum absolute atomic E-state index is 0.0243. The number of halogens is 8. The van der Waals surface area contributed by atoms with Gasteiger partial charge in [-0.25, -0.2) is 18.7 Å². The van der Waals surface area contributed by atoms with Crippen LogP contribution in [-0.4, -0.2) is 89.5 Å². The Kier molecular flexibility index (Phi) is 6.42. The second kappa shape index (κ2) is 9.64. The van der Waals surface area contributed by atoms with Crippen molar-refractivity contribution in [2.75, 3.05) is 49.3 Å². The van der Waals surface area contributed by atoms with E-state index in [1.54, 1.807) is 4.90 Å². The zero-order chi connectivity index (χ0) is 32.4. The van der Waals surface area contributed by atoms with E-state index in [1.165, 1.54) is 4.90 Å². The third-order valence-electron chi connectivity index (χ3n) is 9.41. The Labute approximate surface area is 251 Å². The first-order valence-electron chi connectivity index (χ1n) is 14.2. The standard InChI is InChI=1S/C28H28F8N8O/c1-26(42(2)3)9-43(10-26)25-40-20-16-23(41-25)44-8-12-4-5-15(38-12)21(44)22(28(34,35)36)45-24(16)39-19(18(20)30)13-6-11(37)7-14(29)17(13)27(31,32)33/h6-7,12,15,21-22,38H,4-5,8-10,37H2,1-3H3/t12-,15+,21+,22-/m1/s1.